The lowest BCUT2D eigenvalue weighted by atomic mass is 9.71. The van der Waals surface area contributed by atoms with Crippen LogP contribution < -0.4 is 0 Å². The predicted molar refractivity (Wildman–Crippen MR) is 90.3 cm³/mol. The van der Waals surface area contributed by atoms with E-state index in [1.54, 1.807) is 7.11 Å². The summed E-state index contributed by atoms with van der Waals surface area (Å²) < 4.78 is 7.67. The summed E-state index contributed by atoms with van der Waals surface area (Å²) >= 11 is 0. The van der Waals surface area contributed by atoms with Gasteiger partial charge in [-0.3, -0.25) is 0 Å². The van der Waals surface area contributed by atoms with Gasteiger partial charge in [0.05, 0.1) is 6.07 Å². The van der Waals surface area contributed by atoms with Crippen LogP contribution in [0.25, 0.3) is 10.9 Å². The average Bonchev–Trinajstić information content (AvgIpc) is 2.87. The Kier molecular flexibility index (Phi) is 3.44. The van der Waals surface area contributed by atoms with Gasteiger partial charge in [-0.25, -0.2) is 0 Å². The molecule has 4 nitrogen and oxygen atoms in total. The van der Waals surface area contributed by atoms with Crippen molar-refractivity contribution < 1.29 is 4.74 Å². The molecular weight excluding hydrogens is 286 g/mol. The molecule has 0 saturated carbocycles. The molecule has 1 saturated heterocycles. The number of piperidine rings is 1. The minimum Gasteiger partial charge on any atom is -0.366 e. The fourth-order valence-electron chi connectivity index (χ4n) is 4.83. The topological polar surface area (TPSA) is 41.2 Å². The molecule has 0 radical (unpaired) electrons. The Balaban J connectivity index is 1.79. The van der Waals surface area contributed by atoms with Gasteiger partial charge in [0, 0.05) is 55.7 Å². The first-order valence-corrected chi connectivity index (χ1v) is 8.33. The Labute approximate surface area is 137 Å². The van der Waals surface area contributed by atoms with Crippen LogP contribution in [0.3, 0.4) is 0 Å². The summed E-state index contributed by atoms with van der Waals surface area (Å²) in [6, 6.07) is 9.53. The van der Waals surface area contributed by atoms with E-state index in [1.807, 2.05) is 0 Å². The van der Waals surface area contributed by atoms with Crippen LogP contribution in [0.4, 0.5) is 0 Å². The van der Waals surface area contributed by atoms with Crippen LogP contribution in [0.15, 0.2) is 24.4 Å². The van der Waals surface area contributed by atoms with Crippen molar-refractivity contribution in [3.63, 3.8) is 0 Å². The minimum absolute atomic E-state index is 0.275. The first-order valence-electron chi connectivity index (χ1n) is 8.33. The molecule has 1 fully saturated rings. The average molecular weight is 309 g/mol. The second-order valence-electron chi connectivity index (χ2n) is 7.11. The quantitative estimate of drug-likeness (QED) is 0.856. The normalized spacial score (nSPS) is 28.3. The van der Waals surface area contributed by atoms with E-state index in [9.17, 15) is 5.26 Å². The van der Waals surface area contributed by atoms with Crippen LogP contribution in [-0.2, 0) is 18.2 Å². The maximum Gasteiger partial charge on any atom is 0.147 e. The van der Waals surface area contributed by atoms with Gasteiger partial charge in [0.2, 0.25) is 0 Å². The first-order chi connectivity index (χ1) is 11.1. The number of aromatic nitrogens is 1. The van der Waals surface area contributed by atoms with E-state index in [0.29, 0.717) is 12.0 Å². The SMILES string of the molecule is COC(C#N)[C@@H]1CC2c3cccc4c3c(cn4C)C[C@H]2N(C)C1. The highest BCUT2D eigenvalue weighted by atomic mass is 16.5. The van der Waals surface area contributed by atoms with Crippen LogP contribution >= 0.6 is 0 Å². The Morgan fingerprint density at radius 1 is 1.35 bits per heavy atom. The van der Waals surface area contributed by atoms with E-state index in [2.05, 4.69) is 54.0 Å². The minimum atomic E-state index is -0.310. The molecule has 2 heterocycles. The number of rotatable bonds is 2. The summed E-state index contributed by atoms with van der Waals surface area (Å²) in [7, 11) is 5.98. The molecule has 0 N–H and O–H groups in total. The number of likely N-dealkylation sites (N-methyl/N-ethyl adjacent to an activating group) is 1. The zero-order valence-electron chi connectivity index (χ0n) is 14.0. The van der Waals surface area contributed by atoms with Gasteiger partial charge in [0.1, 0.15) is 6.10 Å². The molecule has 4 atom stereocenters. The second-order valence-corrected chi connectivity index (χ2v) is 7.11. The molecule has 4 heteroatoms. The van der Waals surface area contributed by atoms with E-state index in [-0.39, 0.29) is 12.0 Å². The number of benzene rings is 1. The molecule has 2 unspecified atom stereocenters. The molecule has 0 spiro atoms. The van der Waals surface area contributed by atoms with Crippen molar-refractivity contribution in [1.29, 1.82) is 5.26 Å². The van der Waals surface area contributed by atoms with Crippen molar-refractivity contribution in [2.24, 2.45) is 13.0 Å². The van der Waals surface area contributed by atoms with E-state index < -0.39 is 0 Å². The van der Waals surface area contributed by atoms with Gasteiger partial charge in [-0.1, -0.05) is 12.1 Å². The fourth-order valence-corrected chi connectivity index (χ4v) is 4.83. The molecule has 2 aromatic rings. The van der Waals surface area contributed by atoms with Crippen LogP contribution in [0.1, 0.15) is 23.5 Å². The number of aryl methyl sites for hydroxylation is 1. The van der Waals surface area contributed by atoms with Gasteiger partial charge in [-0.05, 0) is 37.1 Å². The molecule has 0 bridgehead atoms. The molecule has 0 amide bonds. The number of nitrogens with zero attached hydrogens (tertiary/aromatic N) is 3. The van der Waals surface area contributed by atoms with Gasteiger partial charge in [-0.2, -0.15) is 5.26 Å². The van der Waals surface area contributed by atoms with Crippen LogP contribution in [0, 0.1) is 17.2 Å². The predicted octanol–water partition coefficient (Wildman–Crippen LogP) is 2.68. The summed E-state index contributed by atoms with van der Waals surface area (Å²) in [5.74, 6) is 0.764. The highest BCUT2D eigenvalue weighted by molar-refractivity contribution is 5.89. The molecule has 1 aliphatic carbocycles. The number of nitriles is 1. The van der Waals surface area contributed by atoms with Gasteiger partial charge in [0.15, 0.2) is 0 Å². The third-order valence-electron chi connectivity index (χ3n) is 5.87. The maximum absolute atomic E-state index is 9.38. The van der Waals surface area contributed by atoms with Crippen molar-refractivity contribution in [2.75, 3.05) is 20.7 Å². The number of ether oxygens (including phenoxy) is 1. The number of fused-ring (bicyclic) bond motifs is 2. The van der Waals surface area contributed by atoms with Crippen molar-refractivity contribution in [3.05, 3.63) is 35.5 Å². The molecule has 120 valence electrons. The van der Waals surface area contributed by atoms with E-state index in [0.717, 1.165) is 19.4 Å². The summed E-state index contributed by atoms with van der Waals surface area (Å²) in [4.78, 5) is 2.44. The molecular formula is C19H23N3O. The van der Waals surface area contributed by atoms with Crippen molar-refractivity contribution in [1.82, 2.24) is 9.47 Å². The molecule has 1 aromatic heterocycles. The van der Waals surface area contributed by atoms with Crippen LogP contribution in [0.5, 0.6) is 0 Å². The van der Waals surface area contributed by atoms with Gasteiger partial charge < -0.3 is 14.2 Å². The highest BCUT2D eigenvalue weighted by Crippen LogP contribution is 2.45. The number of methoxy groups -OCH3 is 1. The zero-order chi connectivity index (χ0) is 16.1. The Morgan fingerprint density at radius 2 is 2.17 bits per heavy atom. The van der Waals surface area contributed by atoms with Gasteiger partial charge >= 0.3 is 0 Å². The highest BCUT2D eigenvalue weighted by Gasteiger charge is 2.41. The molecule has 4 rings (SSSR count). The lowest BCUT2D eigenvalue weighted by Crippen LogP contribution is -2.50. The number of hydrogen-bond acceptors (Lipinski definition) is 3. The fraction of sp³-hybridized carbons (Fsp3) is 0.526. The van der Waals surface area contributed by atoms with Crippen molar-refractivity contribution >= 4 is 10.9 Å². The Bertz CT molecular complexity index is 788. The summed E-state index contributed by atoms with van der Waals surface area (Å²) in [6.07, 6.45) is 4.12. The van der Waals surface area contributed by atoms with Gasteiger partial charge in [0.25, 0.3) is 0 Å². The molecule has 2 aliphatic rings. The van der Waals surface area contributed by atoms with Gasteiger partial charge in [-0.15, -0.1) is 0 Å². The van der Waals surface area contributed by atoms with E-state index in [4.69, 9.17) is 4.74 Å². The summed E-state index contributed by atoms with van der Waals surface area (Å²) in [5.41, 5.74) is 4.25. The van der Waals surface area contributed by atoms with E-state index in [1.165, 1.54) is 22.0 Å². The summed E-state index contributed by atoms with van der Waals surface area (Å²) in [6.45, 7) is 0.936. The Hall–Kier alpha value is -1.83. The number of likely N-dealkylation sites (tertiary alicyclic amines) is 1. The maximum atomic E-state index is 9.38. The lowest BCUT2D eigenvalue weighted by Gasteiger charge is -2.46. The van der Waals surface area contributed by atoms with Crippen LogP contribution in [-0.4, -0.2) is 42.3 Å². The smallest absolute Gasteiger partial charge is 0.147 e. The zero-order valence-corrected chi connectivity index (χ0v) is 14.0. The number of hydrogen-bond donors (Lipinski definition) is 0. The van der Waals surface area contributed by atoms with E-state index >= 15 is 0 Å². The monoisotopic (exact) mass is 309 g/mol. The molecule has 23 heavy (non-hydrogen) atoms. The standard InChI is InChI=1S/C19H23N3O/c1-21-11-13-8-17-15(14-5-4-6-16(21)19(13)14)7-12(10-22(17)2)18(9-20)23-3/h4-6,11-12,15,17-18H,7-8,10H2,1-3H3/t12-,15?,17-,18?/m1/s1. The van der Waals surface area contributed by atoms with Crippen molar-refractivity contribution in [3.8, 4) is 6.07 Å². The lowest BCUT2D eigenvalue weighted by molar-refractivity contribution is 0.0262. The first kappa shape index (κ1) is 14.7. The van der Waals surface area contributed by atoms with Crippen LogP contribution in [0.2, 0.25) is 0 Å². The summed E-state index contributed by atoms with van der Waals surface area (Å²) in [5, 5.41) is 10.8. The second kappa shape index (κ2) is 5.36. The molecule has 1 aliphatic heterocycles. The molecule has 1 aromatic carbocycles. The third-order valence-corrected chi connectivity index (χ3v) is 5.87. The largest absolute Gasteiger partial charge is 0.366 e. The Morgan fingerprint density at radius 3 is 2.91 bits per heavy atom. The van der Waals surface area contributed by atoms with Crippen molar-refractivity contribution in [2.45, 2.75) is 30.9 Å². The third kappa shape index (κ3) is 2.11.